The Hall–Kier alpha value is -1.43. The fourth-order valence-electron chi connectivity index (χ4n) is 2.51. The van der Waals surface area contributed by atoms with E-state index < -0.39 is 0 Å². The summed E-state index contributed by atoms with van der Waals surface area (Å²) in [6.45, 7) is 1.94. The van der Waals surface area contributed by atoms with Crippen LogP contribution < -0.4 is 10.1 Å². The van der Waals surface area contributed by atoms with Crippen molar-refractivity contribution in [1.29, 1.82) is 0 Å². The molecule has 1 saturated carbocycles. The minimum atomic E-state index is 0.0343. The Bertz CT molecular complexity index is 596. The van der Waals surface area contributed by atoms with Gasteiger partial charge in [0.2, 0.25) is 0 Å². The first-order valence-corrected chi connectivity index (χ1v) is 8.65. The van der Waals surface area contributed by atoms with Gasteiger partial charge in [-0.25, -0.2) is 4.98 Å². The molecule has 0 amide bonds. The smallest absolute Gasteiger partial charge is 0.123 e. The van der Waals surface area contributed by atoms with Crippen molar-refractivity contribution in [2.45, 2.75) is 38.3 Å². The monoisotopic (exact) mass is 318 g/mol. The van der Waals surface area contributed by atoms with Crippen LogP contribution in [0.25, 0.3) is 0 Å². The third-order valence-electron chi connectivity index (χ3n) is 3.96. The molecule has 2 N–H and O–H groups in total. The second-order valence-electron chi connectivity index (χ2n) is 5.58. The number of thiazole rings is 1. The van der Waals surface area contributed by atoms with Crippen molar-refractivity contribution in [3.63, 3.8) is 0 Å². The Morgan fingerprint density at radius 3 is 2.91 bits per heavy atom. The van der Waals surface area contributed by atoms with Crippen LogP contribution in [0.1, 0.15) is 40.6 Å². The molecule has 1 heterocycles. The topological polar surface area (TPSA) is 54.4 Å². The van der Waals surface area contributed by atoms with Crippen LogP contribution in [0.5, 0.6) is 5.75 Å². The predicted octanol–water partition coefficient (Wildman–Crippen LogP) is 3.07. The fraction of sp³-hybridized carbons (Fsp3) is 0.471. The molecule has 0 spiro atoms. The lowest BCUT2D eigenvalue weighted by Crippen LogP contribution is -2.13. The van der Waals surface area contributed by atoms with Gasteiger partial charge in [-0.1, -0.05) is 24.6 Å². The highest BCUT2D eigenvalue weighted by molar-refractivity contribution is 7.11. The summed E-state index contributed by atoms with van der Waals surface area (Å²) in [6, 6.07) is 7.94. The van der Waals surface area contributed by atoms with Crippen LogP contribution in [0, 0.1) is 0 Å². The van der Waals surface area contributed by atoms with Crippen molar-refractivity contribution in [3.8, 4) is 5.75 Å². The van der Waals surface area contributed by atoms with Crippen molar-refractivity contribution in [3.05, 3.63) is 45.9 Å². The Balaban J connectivity index is 1.51. The molecule has 1 aliphatic rings. The maximum absolute atomic E-state index is 8.87. The van der Waals surface area contributed by atoms with E-state index in [1.165, 1.54) is 29.1 Å². The van der Waals surface area contributed by atoms with E-state index in [4.69, 9.17) is 9.84 Å². The largest absolute Gasteiger partial charge is 0.491 e. The molecule has 5 heteroatoms. The number of hydrogen-bond donors (Lipinski definition) is 2. The van der Waals surface area contributed by atoms with Gasteiger partial charge < -0.3 is 15.2 Å². The Morgan fingerprint density at radius 2 is 2.14 bits per heavy atom. The fourth-order valence-corrected chi connectivity index (χ4v) is 3.57. The van der Waals surface area contributed by atoms with E-state index in [-0.39, 0.29) is 6.61 Å². The number of aliphatic hydroxyl groups is 1. The highest BCUT2D eigenvalue weighted by atomic mass is 32.1. The van der Waals surface area contributed by atoms with Gasteiger partial charge in [0.1, 0.15) is 12.4 Å². The van der Waals surface area contributed by atoms with Crippen LogP contribution in [0.2, 0.25) is 0 Å². The molecule has 1 aromatic heterocycles. The van der Waals surface area contributed by atoms with Crippen molar-refractivity contribution in [2.24, 2.45) is 0 Å². The van der Waals surface area contributed by atoms with Gasteiger partial charge in [-0.05, 0) is 18.9 Å². The van der Waals surface area contributed by atoms with Gasteiger partial charge in [0.05, 0.1) is 11.6 Å². The van der Waals surface area contributed by atoms with E-state index in [1.54, 1.807) is 0 Å². The van der Waals surface area contributed by atoms with E-state index >= 15 is 0 Å². The third kappa shape index (κ3) is 3.85. The van der Waals surface area contributed by atoms with Crippen LogP contribution in [0.15, 0.2) is 30.5 Å². The number of para-hydroxylation sites is 1. The minimum Gasteiger partial charge on any atom is -0.491 e. The quantitative estimate of drug-likeness (QED) is 0.785. The molecule has 0 atom stereocenters. The van der Waals surface area contributed by atoms with Gasteiger partial charge in [0.15, 0.2) is 0 Å². The van der Waals surface area contributed by atoms with E-state index in [0.717, 1.165) is 24.4 Å². The zero-order valence-electron chi connectivity index (χ0n) is 12.6. The number of benzene rings is 1. The zero-order chi connectivity index (χ0) is 15.2. The SMILES string of the molecule is OCCOc1ccccc1CNCc1cnc(C2CCC2)s1. The zero-order valence-corrected chi connectivity index (χ0v) is 13.4. The summed E-state index contributed by atoms with van der Waals surface area (Å²) in [4.78, 5) is 5.84. The minimum absolute atomic E-state index is 0.0343. The van der Waals surface area contributed by atoms with E-state index in [9.17, 15) is 0 Å². The summed E-state index contributed by atoms with van der Waals surface area (Å²) >= 11 is 1.83. The van der Waals surface area contributed by atoms with Crippen molar-refractivity contribution in [1.82, 2.24) is 10.3 Å². The molecule has 0 aliphatic heterocycles. The second-order valence-corrected chi connectivity index (χ2v) is 6.72. The van der Waals surface area contributed by atoms with Gasteiger partial charge >= 0.3 is 0 Å². The summed E-state index contributed by atoms with van der Waals surface area (Å²) in [7, 11) is 0. The van der Waals surface area contributed by atoms with Crippen molar-refractivity contribution in [2.75, 3.05) is 13.2 Å². The molecule has 1 aromatic carbocycles. The average Bonchev–Trinajstić information content (AvgIpc) is 2.93. The second kappa shape index (κ2) is 7.72. The molecule has 0 unspecified atom stereocenters. The maximum Gasteiger partial charge on any atom is 0.123 e. The average molecular weight is 318 g/mol. The number of rotatable bonds is 8. The first-order chi connectivity index (χ1) is 10.9. The predicted molar refractivity (Wildman–Crippen MR) is 88.3 cm³/mol. The lowest BCUT2D eigenvalue weighted by Gasteiger charge is -2.22. The van der Waals surface area contributed by atoms with Gasteiger partial charge in [-0.2, -0.15) is 0 Å². The van der Waals surface area contributed by atoms with E-state index in [1.807, 2.05) is 41.8 Å². The lowest BCUT2D eigenvalue weighted by atomic mass is 9.86. The van der Waals surface area contributed by atoms with Crippen LogP contribution in [-0.4, -0.2) is 23.3 Å². The van der Waals surface area contributed by atoms with E-state index in [2.05, 4.69) is 10.3 Å². The van der Waals surface area contributed by atoms with Crippen LogP contribution >= 0.6 is 11.3 Å². The lowest BCUT2D eigenvalue weighted by molar-refractivity contribution is 0.200. The highest BCUT2D eigenvalue weighted by Crippen LogP contribution is 2.38. The van der Waals surface area contributed by atoms with Gasteiger partial charge in [-0.15, -0.1) is 11.3 Å². The van der Waals surface area contributed by atoms with Crippen LogP contribution in [-0.2, 0) is 13.1 Å². The third-order valence-corrected chi connectivity index (χ3v) is 5.12. The molecule has 22 heavy (non-hydrogen) atoms. The maximum atomic E-state index is 8.87. The van der Waals surface area contributed by atoms with Crippen LogP contribution in [0.4, 0.5) is 0 Å². The first kappa shape index (κ1) is 15.5. The molecular formula is C17H22N2O2S. The van der Waals surface area contributed by atoms with E-state index in [0.29, 0.717) is 12.5 Å². The molecule has 0 bridgehead atoms. The molecule has 0 radical (unpaired) electrons. The van der Waals surface area contributed by atoms with Gasteiger partial charge in [0.25, 0.3) is 0 Å². The number of aromatic nitrogens is 1. The highest BCUT2D eigenvalue weighted by Gasteiger charge is 2.22. The standard InChI is InChI=1S/C17H22N2O2S/c20-8-9-21-16-7-2-1-4-14(16)10-18-11-15-12-19-17(22-15)13-5-3-6-13/h1-2,4,7,12-13,18,20H,3,5-6,8-11H2. The van der Waals surface area contributed by atoms with Crippen molar-refractivity contribution >= 4 is 11.3 Å². The number of nitrogens with one attached hydrogen (secondary N) is 1. The first-order valence-electron chi connectivity index (χ1n) is 7.83. The number of ether oxygens (including phenoxy) is 1. The molecule has 3 rings (SSSR count). The molecule has 0 saturated heterocycles. The Labute approximate surface area is 135 Å². The summed E-state index contributed by atoms with van der Waals surface area (Å²) in [6.07, 6.45) is 5.95. The van der Waals surface area contributed by atoms with Crippen molar-refractivity contribution < 1.29 is 9.84 Å². The number of nitrogens with zero attached hydrogens (tertiary/aromatic N) is 1. The summed E-state index contributed by atoms with van der Waals surface area (Å²) in [5.41, 5.74) is 1.11. The molecule has 4 nitrogen and oxygen atoms in total. The molecular weight excluding hydrogens is 296 g/mol. The number of aliphatic hydroxyl groups excluding tert-OH is 1. The Kier molecular flexibility index (Phi) is 5.43. The molecule has 1 fully saturated rings. The summed E-state index contributed by atoms with van der Waals surface area (Å²) in [5.74, 6) is 1.55. The Morgan fingerprint density at radius 1 is 1.27 bits per heavy atom. The van der Waals surface area contributed by atoms with Gasteiger partial charge in [-0.3, -0.25) is 0 Å². The van der Waals surface area contributed by atoms with Gasteiger partial charge in [0, 0.05) is 35.6 Å². The normalized spacial score (nSPS) is 14.8. The summed E-state index contributed by atoms with van der Waals surface area (Å²) in [5, 5.41) is 13.6. The number of hydrogen-bond acceptors (Lipinski definition) is 5. The summed E-state index contributed by atoms with van der Waals surface area (Å²) < 4.78 is 5.55. The molecule has 1 aliphatic carbocycles. The molecule has 2 aromatic rings. The molecule has 118 valence electrons. The van der Waals surface area contributed by atoms with Crippen LogP contribution in [0.3, 0.4) is 0 Å².